The van der Waals surface area contributed by atoms with Crippen LogP contribution >= 0.6 is 0 Å². The Hall–Kier alpha value is -1.000. The fourth-order valence-corrected chi connectivity index (χ4v) is 0.997. The van der Waals surface area contributed by atoms with Crippen molar-refractivity contribution in [3.8, 4) is 0 Å². The second-order valence-corrected chi connectivity index (χ2v) is 3.74. The van der Waals surface area contributed by atoms with Crippen LogP contribution in [0.1, 0.15) is 11.1 Å². The van der Waals surface area contributed by atoms with Gasteiger partial charge in [-0.05, 0) is 17.7 Å². The summed E-state index contributed by atoms with van der Waals surface area (Å²) in [5.41, 5.74) is 2.26. The van der Waals surface area contributed by atoms with E-state index in [0.29, 0.717) is 0 Å². The Kier molecular flexibility index (Phi) is 15.1. The molecule has 0 fully saturated rings. The van der Waals surface area contributed by atoms with Crippen molar-refractivity contribution in [1.29, 1.82) is 0 Å². The number of hydrogen-bond donors (Lipinski definition) is 0. The van der Waals surface area contributed by atoms with E-state index in [1.54, 1.807) is 0 Å². The fraction of sp³-hybridized carbons (Fsp3) is 0.143. The van der Waals surface area contributed by atoms with E-state index < -0.39 is 24.3 Å². The van der Waals surface area contributed by atoms with Crippen molar-refractivity contribution in [2.75, 3.05) is 0 Å². The second kappa shape index (κ2) is 13.2. The number of carboxylic acids is 2. The molecular formula is C14H6F6Hg2O4. The Bertz CT molecular complexity index is 584. The number of hydrogen-bond acceptors (Lipinski definition) is 4. The first kappa shape index (κ1) is 29.8. The van der Waals surface area contributed by atoms with Crippen LogP contribution < -0.4 is 10.2 Å². The quantitative estimate of drug-likeness (QED) is 0.224. The van der Waals surface area contributed by atoms with Crippen LogP contribution in [-0.4, -0.2) is 24.3 Å². The van der Waals surface area contributed by atoms with Gasteiger partial charge in [-0.25, -0.2) is 0 Å². The molecule has 0 amide bonds. The molecule has 0 N–H and O–H groups in total. The molecule has 1 aliphatic carbocycles. The van der Waals surface area contributed by atoms with Gasteiger partial charge in [-0.3, -0.25) is 0 Å². The van der Waals surface area contributed by atoms with Gasteiger partial charge in [0.05, 0.1) is 0 Å². The van der Waals surface area contributed by atoms with Gasteiger partial charge in [-0.1, -0.05) is 30.4 Å². The van der Waals surface area contributed by atoms with Gasteiger partial charge < -0.3 is 19.8 Å². The minimum absolute atomic E-state index is 0. The predicted molar refractivity (Wildman–Crippen MR) is 63.4 cm³/mol. The van der Waals surface area contributed by atoms with Crippen LogP contribution in [0.25, 0.3) is 6.08 Å². The number of halogens is 6. The molecule has 4 nitrogen and oxygen atoms in total. The largest absolute Gasteiger partial charge is 1.00 e. The van der Waals surface area contributed by atoms with E-state index in [9.17, 15) is 26.3 Å². The number of aliphatic carboxylic acids is 2. The summed E-state index contributed by atoms with van der Waals surface area (Å²) in [6.07, 6.45) is -1.35. The van der Waals surface area contributed by atoms with Gasteiger partial charge in [-0.2, -0.15) is 26.3 Å². The predicted octanol–water partition coefficient (Wildman–Crippen LogP) is 0.813. The van der Waals surface area contributed by atoms with Crippen LogP contribution in [0.4, 0.5) is 26.3 Å². The van der Waals surface area contributed by atoms with Gasteiger partial charge in [0, 0.05) is 5.56 Å². The molecule has 1 aromatic carbocycles. The third kappa shape index (κ3) is 13.2. The van der Waals surface area contributed by atoms with Crippen LogP contribution in [-0.2, 0) is 64.9 Å². The SMILES string of the molecule is O=C([O-])C(F)(F)F.O=C([O-])C(F)(F)F.[C+]1=CC=Cc2ccc[c-]c21.[Hg+].[Hg+]. The summed E-state index contributed by atoms with van der Waals surface area (Å²) in [6.45, 7) is 0. The molecule has 0 spiro atoms. The number of rotatable bonds is 0. The number of fused-ring (bicyclic) bond motifs is 1. The summed E-state index contributed by atoms with van der Waals surface area (Å²) in [5.74, 6) is -6.01. The third-order valence-corrected chi connectivity index (χ3v) is 1.95. The Morgan fingerprint density at radius 1 is 0.962 bits per heavy atom. The fourth-order valence-electron chi connectivity index (χ4n) is 0.997. The molecule has 0 aliphatic heterocycles. The standard InChI is InChI=1S/C10H6.2C2HF3O2.2Hg/c1-2-6-10-8-4-3-7-9(10)5-1;2*3-2(4,5)1(6)7;;/h1-5,7H;2*(H,6,7);;/q;;;2*+1/p-2. The Morgan fingerprint density at radius 2 is 1.38 bits per heavy atom. The first-order chi connectivity index (χ1) is 10.9. The van der Waals surface area contributed by atoms with Gasteiger partial charge in [0.1, 0.15) is 11.9 Å². The summed E-state index contributed by atoms with van der Waals surface area (Å²) in [6, 6.07) is 9.04. The molecule has 0 heterocycles. The van der Waals surface area contributed by atoms with Crippen molar-refractivity contribution < 1.29 is 101 Å². The van der Waals surface area contributed by atoms with Crippen LogP contribution in [0, 0.1) is 12.1 Å². The van der Waals surface area contributed by atoms with Gasteiger partial charge in [0.25, 0.3) is 0 Å². The smallest absolute Gasteiger partial charge is 0.542 e. The van der Waals surface area contributed by atoms with Gasteiger partial charge in [-0.15, -0.1) is 6.08 Å². The van der Waals surface area contributed by atoms with Crippen molar-refractivity contribution in [2.45, 2.75) is 12.4 Å². The van der Waals surface area contributed by atoms with E-state index in [-0.39, 0.29) is 55.3 Å². The molecule has 0 saturated heterocycles. The molecule has 0 aromatic heterocycles. The minimum Gasteiger partial charge on any atom is -0.542 e. The Morgan fingerprint density at radius 3 is 1.73 bits per heavy atom. The first-order valence-corrected chi connectivity index (χ1v) is 5.69. The van der Waals surface area contributed by atoms with Gasteiger partial charge in [0.15, 0.2) is 0 Å². The molecule has 132 valence electrons. The van der Waals surface area contributed by atoms with E-state index in [0.717, 1.165) is 5.56 Å². The average molecular weight is 753 g/mol. The zero-order valence-electron chi connectivity index (χ0n) is 12.8. The van der Waals surface area contributed by atoms with Crippen molar-refractivity contribution in [1.82, 2.24) is 0 Å². The number of alkyl halides is 6. The molecule has 1 aliphatic rings. The number of carboxylic acid groups (broad SMARTS) is 2. The molecular weight excluding hydrogens is 747 g/mol. The molecule has 2 rings (SSSR count). The normalized spacial score (nSPS) is 10.8. The van der Waals surface area contributed by atoms with Gasteiger partial charge in [0.2, 0.25) is 0 Å². The second-order valence-electron chi connectivity index (χ2n) is 3.74. The summed E-state index contributed by atoms with van der Waals surface area (Å²) in [7, 11) is 0. The molecule has 26 heavy (non-hydrogen) atoms. The first-order valence-electron chi connectivity index (χ1n) is 5.69. The topological polar surface area (TPSA) is 80.3 Å². The van der Waals surface area contributed by atoms with Crippen LogP contribution in [0.3, 0.4) is 0 Å². The average Bonchev–Trinajstić information content (AvgIpc) is 2.46. The van der Waals surface area contributed by atoms with Gasteiger partial charge >= 0.3 is 67.7 Å². The van der Waals surface area contributed by atoms with Crippen molar-refractivity contribution in [3.05, 3.63) is 53.6 Å². The molecule has 0 unspecified atom stereocenters. The van der Waals surface area contributed by atoms with Crippen LogP contribution in [0.5, 0.6) is 0 Å². The monoisotopic (exact) mass is 756 g/mol. The maximum Gasteiger partial charge on any atom is 1.00 e. The zero-order chi connectivity index (χ0) is 19.0. The van der Waals surface area contributed by atoms with E-state index in [2.05, 4.69) is 24.3 Å². The molecule has 2 radical (unpaired) electrons. The summed E-state index contributed by atoms with van der Waals surface area (Å²) < 4.78 is 63.1. The number of carbonyl (C=O) groups is 2. The maximum atomic E-state index is 10.5. The molecule has 1 aromatic rings. The van der Waals surface area contributed by atoms with Crippen molar-refractivity contribution >= 4 is 18.0 Å². The van der Waals surface area contributed by atoms with Crippen LogP contribution in [0.2, 0.25) is 0 Å². The summed E-state index contributed by atoms with van der Waals surface area (Å²) in [4.78, 5) is 17.6. The van der Waals surface area contributed by atoms with Crippen molar-refractivity contribution in [2.24, 2.45) is 0 Å². The zero-order valence-corrected chi connectivity index (χ0v) is 23.8. The van der Waals surface area contributed by atoms with E-state index >= 15 is 0 Å². The van der Waals surface area contributed by atoms with E-state index in [1.807, 2.05) is 24.3 Å². The van der Waals surface area contributed by atoms with E-state index in [4.69, 9.17) is 19.8 Å². The third-order valence-electron chi connectivity index (χ3n) is 1.95. The maximum absolute atomic E-state index is 10.5. The summed E-state index contributed by atoms with van der Waals surface area (Å²) >= 11 is 0. The summed E-state index contributed by atoms with van der Waals surface area (Å²) in [5, 5.41) is 17.6. The Labute approximate surface area is 184 Å². The molecule has 0 atom stereocenters. The molecule has 0 bridgehead atoms. The Balaban J connectivity index is -0.000000303. The molecule has 12 heteroatoms. The number of allylic oxidation sites excluding steroid dienone is 2. The molecule has 0 saturated carbocycles. The van der Waals surface area contributed by atoms with E-state index in [1.165, 1.54) is 5.56 Å². The minimum atomic E-state index is -5.19. The number of carbonyl (C=O) groups excluding carboxylic acids is 2. The van der Waals surface area contributed by atoms with Crippen molar-refractivity contribution in [3.63, 3.8) is 0 Å². The van der Waals surface area contributed by atoms with Crippen LogP contribution in [0.15, 0.2) is 30.4 Å². The number of benzene rings is 1.